The Labute approximate surface area is 180 Å². The van der Waals surface area contributed by atoms with E-state index in [1.165, 1.54) is 5.56 Å². The molecule has 1 aliphatic carbocycles. The van der Waals surface area contributed by atoms with Gasteiger partial charge in [-0.25, -0.2) is 9.50 Å². The predicted octanol–water partition coefficient (Wildman–Crippen LogP) is 4.63. The van der Waals surface area contributed by atoms with E-state index in [1.807, 2.05) is 49.5 Å². The van der Waals surface area contributed by atoms with Crippen molar-refractivity contribution in [2.45, 2.75) is 25.7 Å². The van der Waals surface area contributed by atoms with Crippen LogP contribution in [0.3, 0.4) is 0 Å². The van der Waals surface area contributed by atoms with Crippen LogP contribution in [0.5, 0.6) is 11.5 Å². The van der Waals surface area contributed by atoms with E-state index in [0.717, 1.165) is 34.6 Å². The molecular weight excluding hydrogens is 390 g/mol. The number of benzene rings is 2. The zero-order valence-corrected chi connectivity index (χ0v) is 17.8. The fourth-order valence-electron chi connectivity index (χ4n) is 4.44. The van der Waals surface area contributed by atoms with Gasteiger partial charge in [0, 0.05) is 18.2 Å². The third-order valence-electron chi connectivity index (χ3n) is 5.98. The molecule has 2 aromatic carbocycles. The minimum atomic E-state index is 0.116. The summed E-state index contributed by atoms with van der Waals surface area (Å²) >= 11 is 0. The van der Waals surface area contributed by atoms with Crippen LogP contribution >= 0.6 is 0 Å². The highest BCUT2D eigenvalue weighted by atomic mass is 16.5. The Bertz CT molecular complexity index is 1290. The van der Waals surface area contributed by atoms with Gasteiger partial charge in [0.05, 0.1) is 31.2 Å². The molecule has 0 fully saturated rings. The minimum absolute atomic E-state index is 0.116. The predicted molar refractivity (Wildman–Crippen MR) is 118 cm³/mol. The van der Waals surface area contributed by atoms with Crippen LogP contribution < -0.4 is 9.47 Å². The number of fused-ring (bicyclic) bond motifs is 2. The zero-order chi connectivity index (χ0) is 21.5. The molecule has 5 rings (SSSR count). The van der Waals surface area contributed by atoms with E-state index in [1.54, 1.807) is 18.7 Å². The number of aryl methyl sites for hydroxylation is 1. The first-order valence-electron chi connectivity index (χ1n) is 10.3. The van der Waals surface area contributed by atoms with E-state index in [4.69, 9.17) is 14.5 Å². The molecule has 2 aromatic heterocycles. The Hall–Kier alpha value is -3.67. The van der Waals surface area contributed by atoms with Gasteiger partial charge in [0.25, 0.3) is 0 Å². The van der Waals surface area contributed by atoms with E-state index in [2.05, 4.69) is 17.2 Å². The summed E-state index contributed by atoms with van der Waals surface area (Å²) < 4.78 is 12.6. The topological polar surface area (TPSA) is 65.7 Å². The Morgan fingerprint density at radius 1 is 1.00 bits per heavy atom. The number of methoxy groups -OCH3 is 2. The van der Waals surface area contributed by atoms with Crippen molar-refractivity contribution in [3.63, 3.8) is 0 Å². The summed E-state index contributed by atoms with van der Waals surface area (Å²) in [4.78, 5) is 17.9. The molecule has 0 saturated heterocycles. The maximum Gasteiger partial charge on any atom is 0.166 e. The average molecular weight is 413 g/mol. The molecule has 1 unspecified atom stereocenters. The number of ether oxygens (including phenoxy) is 2. The third kappa shape index (κ3) is 3.24. The van der Waals surface area contributed by atoms with Crippen molar-refractivity contribution in [1.82, 2.24) is 14.6 Å². The van der Waals surface area contributed by atoms with Crippen LogP contribution in [0.2, 0.25) is 0 Å². The van der Waals surface area contributed by atoms with Crippen molar-refractivity contribution < 1.29 is 14.3 Å². The molecule has 6 heteroatoms. The van der Waals surface area contributed by atoms with Gasteiger partial charge in [0.2, 0.25) is 0 Å². The first-order chi connectivity index (χ1) is 15.1. The van der Waals surface area contributed by atoms with Gasteiger partial charge < -0.3 is 9.47 Å². The lowest BCUT2D eigenvalue weighted by Gasteiger charge is -2.23. The third-order valence-corrected chi connectivity index (χ3v) is 5.98. The molecule has 2 heterocycles. The van der Waals surface area contributed by atoms with E-state index in [-0.39, 0.29) is 11.7 Å². The van der Waals surface area contributed by atoms with Gasteiger partial charge in [0.15, 0.2) is 22.9 Å². The van der Waals surface area contributed by atoms with Gasteiger partial charge in [0.1, 0.15) is 0 Å². The highest BCUT2D eigenvalue weighted by Gasteiger charge is 2.29. The molecule has 0 saturated carbocycles. The number of hydrogen-bond donors (Lipinski definition) is 0. The lowest BCUT2D eigenvalue weighted by molar-refractivity contribution is 0.0962. The lowest BCUT2D eigenvalue weighted by Crippen LogP contribution is -2.21. The Balaban J connectivity index is 1.63. The van der Waals surface area contributed by atoms with Crippen LogP contribution in [0.1, 0.15) is 39.6 Å². The van der Waals surface area contributed by atoms with E-state index in [0.29, 0.717) is 23.5 Å². The fraction of sp³-hybridized carbons (Fsp3) is 0.240. The fourth-order valence-corrected chi connectivity index (χ4v) is 4.44. The number of Topliss-reactive ketones (excluding diaryl/α,β-unsaturated/α-hetero) is 1. The summed E-state index contributed by atoms with van der Waals surface area (Å²) in [6.07, 6.45) is 3.06. The number of ketones is 1. The second-order valence-electron chi connectivity index (χ2n) is 7.84. The summed E-state index contributed by atoms with van der Waals surface area (Å²) in [7, 11) is 3.24. The minimum Gasteiger partial charge on any atom is -0.493 e. The zero-order valence-electron chi connectivity index (χ0n) is 17.8. The smallest absolute Gasteiger partial charge is 0.166 e. The van der Waals surface area contributed by atoms with Gasteiger partial charge in [-0.05, 0) is 42.5 Å². The van der Waals surface area contributed by atoms with Crippen LogP contribution in [-0.4, -0.2) is 34.6 Å². The Morgan fingerprint density at radius 3 is 2.52 bits per heavy atom. The average Bonchev–Trinajstić information content (AvgIpc) is 3.12. The molecular formula is C25H23N3O3. The normalized spacial score (nSPS) is 15.7. The van der Waals surface area contributed by atoms with Crippen LogP contribution in [0, 0.1) is 6.92 Å². The molecule has 0 aliphatic heterocycles. The highest BCUT2D eigenvalue weighted by Crippen LogP contribution is 2.37. The van der Waals surface area contributed by atoms with Gasteiger partial charge in [-0.15, -0.1) is 0 Å². The second-order valence-corrected chi connectivity index (χ2v) is 7.84. The van der Waals surface area contributed by atoms with Gasteiger partial charge in [-0.2, -0.15) is 5.10 Å². The first-order valence-corrected chi connectivity index (χ1v) is 10.3. The summed E-state index contributed by atoms with van der Waals surface area (Å²) in [6.45, 7) is 1.95. The second kappa shape index (κ2) is 7.54. The molecule has 0 N–H and O–H groups in total. The van der Waals surface area contributed by atoms with E-state index >= 15 is 0 Å². The number of aromatic nitrogens is 3. The number of nitrogens with zero attached hydrogens (tertiary/aromatic N) is 3. The lowest BCUT2D eigenvalue weighted by atomic mass is 9.82. The SMILES string of the molecule is COc1ccc(-c2c(C)nn3cc4c(nc23)CC(c2ccccc2)CC4=O)cc1OC. The molecule has 31 heavy (non-hydrogen) atoms. The molecule has 0 spiro atoms. The standard InChI is InChI=1S/C25H23N3O3/c1-15-24(17-9-10-22(30-2)23(13-17)31-3)25-26-20-11-18(16-7-5-4-6-8-16)12-21(29)19(20)14-28(25)27-15/h4-10,13-14,18H,11-12H2,1-3H3. The molecule has 1 aliphatic rings. The molecule has 156 valence electrons. The van der Waals surface area contributed by atoms with Crippen molar-refractivity contribution in [3.8, 4) is 22.6 Å². The summed E-state index contributed by atoms with van der Waals surface area (Å²) in [5.41, 5.74) is 6.13. The van der Waals surface area contributed by atoms with Gasteiger partial charge >= 0.3 is 0 Å². The molecule has 1 atom stereocenters. The van der Waals surface area contributed by atoms with Crippen molar-refractivity contribution >= 4 is 11.4 Å². The molecule has 0 amide bonds. The molecule has 4 aromatic rings. The maximum absolute atomic E-state index is 12.9. The van der Waals surface area contributed by atoms with Crippen LogP contribution in [-0.2, 0) is 6.42 Å². The molecule has 0 bridgehead atoms. The van der Waals surface area contributed by atoms with Crippen molar-refractivity contribution in [2.24, 2.45) is 0 Å². The number of hydrogen-bond acceptors (Lipinski definition) is 5. The number of carbonyl (C=O) groups is 1. The monoisotopic (exact) mass is 413 g/mol. The number of carbonyl (C=O) groups excluding carboxylic acids is 1. The largest absolute Gasteiger partial charge is 0.493 e. The summed E-state index contributed by atoms with van der Waals surface area (Å²) in [5.74, 6) is 1.58. The van der Waals surface area contributed by atoms with Crippen LogP contribution in [0.25, 0.3) is 16.8 Å². The Morgan fingerprint density at radius 2 is 1.77 bits per heavy atom. The van der Waals surface area contributed by atoms with E-state index in [9.17, 15) is 4.79 Å². The van der Waals surface area contributed by atoms with Gasteiger partial charge in [-0.1, -0.05) is 36.4 Å². The maximum atomic E-state index is 12.9. The molecule has 0 radical (unpaired) electrons. The first kappa shape index (κ1) is 19.3. The van der Waals surface area contributed by atoms with Crippen LogP contribution in [0.15, 0.2) is 54.7 Å². The summed E-state index contributed by atoms with van der Waals surface area (Å²) in [5, 5.41) is 4.64. The Kier molecular flexibility index (Phi) is 4.70. The molecule has 6 nitrogen and oxygen atoms in total. The summed E-state index contributed by atoms with van der Waals surface area (Å²) in [6, 6.07) is 16.0. The van der Waals surface area contributed by atoms with Crippen molar-refractivity contribution in [1.29, 1.82) is 0 Å². The van der Waals surface area contributed by atoms with E-state index < -0.39 is 0 Å². The highest BCUT2D eigenvalue weighted by molar-refractivity contribution is 5.99. The van der Waals surface area contributed by atoms with Gasteiger partial charge in [-0.3, -0.25) is 4.79 Å². The quantitative estimate of drug-likeness (QED) is 0.488. The number of rotatable bonds is 4. The van der Waals surface area contributed by atoms with Crippen molar-refractivity contribution in [2.75, 3.05) is 14.2 Å². The van der Waals surface area contributed by atoms with Crippen molar-refractivity contribution in [3.05, 3.63) is 77.2 Å². The van der Waals surface area contributed by atoms with Crippen LogP contribution in [0.4, 0.5) is 0 Å².